The van der Waals surface area contributed by atoms with Crippen molar-refractivity contribution in [3.05, 3.63) is 75.9 Å². The molecule has 6 nitrogen and oxygen atoms in total. The second kappa shape index (κ2) is 9.29. The van der Waals surface area contributed by atoms with Gasteiger partial charge < -0.3 is 0 Å². The molecular weight excluding hydrogens is 507 g/mol. The van der Waals surface area contributed by atoms with Gasteiger partial charge in [-0.2, -0.15) is 0 Å². The van der Waals surface area contributed by atoms with Crippen LogP contribution in [0.4, 0.5) is 10.1 Å². The van der Waals surface area contributed by atoms with E-state index < -0.39 is 15.8 Å². The Bertz CT molecular complexity index is 1510. The quantitative estimate of drug-likeness (QED) is 0.288. The molecule has 0 amide bonds. The minimum Gasteiger partial charge on any atom is -0.277 e. The zero-order valence-electron chi connectivity index (χ0n) is 19.8. The molecule has 0 unspecified atom stereocenters. The highest BCUT2D eigenvalue weighted by Crippen LogP contribution is 2.42. The Labute approximate surface area is 213 Å². The Morgan fingerprint density at radius 2 is 1.66 bits per heavy atom. The first-order valence-corrected chi connectivity index (χ1v) is 13.4. The second-order valence-electron chi connectivity index (χ2n) is 9.15. The Morgan fingerprint density at radius 1 is 1.00 bits per heavy atom. The van der Waals surface area contributed by atoms with Gasteiger partial charge in [-0.1, -0.05) is 45.0 Å². The number of aryl methyl sites for hydroxylation is 2. The van der Waals surface area contributed by atoms with E-state index in [1.807, 2.05) is 20.8 Å². The van der Waals surface area contributed by atoms with Crippen molar-refractivity contribution in [1.82, 2.24) is 15.0 Å². The molecule has 0 saturated heterocycles. The van der Waals surface area contributed by atoms with Gasteiger partial charge >= 0.3 is 0 Å². The first-order chi connectivity index (χ1) is 16.4. The molecule has 0 bridgehead atoms. The van der Waals surface area contributed by atoms with E-state index in [0.717, 1.165) is 5.01 Å². The van der Waals surface area contributed by atoms with Gasteiger partial charge in [-0.25, -0.2) is 27.8 Å². The number of aromatic nitrogens is 3. The molecule has 35 heavy (non-hydrogen) atoms. The highest BCUT2D eigenvalue weighted by atomic mass is 35.5. The maximum absolute atomic E-state index is 15.9. The Balaban J connectivity index is 1.85. The minimum absolute atomic E-state index is 0.0646. The fraction of sp³-hybridized carbons (Fsp3) is 0.240. The molecule has 0 aliphatic rings. The van der Waals surface area contributed by atoms with E-state index in [2.05, 4.69) is 14.7 Å². The zero-order valence-corrected chi connectivity index (χ0v) is 22.2. The maximum Gasteiger partial charge on any atom is 0.262 e. The van der Waals surface area contributed by atoms with Crippen molar-refractivity contribution < 1.29 is 12.8 Å². The number of anilines is 1. The fourth-order valence-electron chi connectivity index (χ4n) is 3.67. The summed E-state index contributed by atoms with van der Waals surface area (Å²) >= 11 is 7.40. The van der Waals surface area contributed by atoms with E-state index in [4.69, 9.17) is 16.6 Å². The predicted molar refractivity (Wildman–Crippen MR) is 139 cm³/mol. The summed E-state index contributed by atoms with van der Waals surface area (Å²) in [5.41, 5.74) is 1.71. The van der Waals surface area contributed by atoms with Crippen LogP contribution in [0.2, 0.25) is 5.28 Å². The van der Waals surface area contributed by atoms with Gasteiger partial charge in [-0.3, -0.25) is 4.72 Å². The summed E-state index contributed by atoms with van der Waals surface area (Å²) in [5.74, 6) is -0.727. The lowest BCUT2D eigenvalue weighted by Crippen LogP contribution is -2.16. The highest BCUT2D eigenvalue weighted by Gasteiger charge is 2.27. The third-order valence-corrected chi connectivity index (χ3v) is 8.66. The average Bonchev–Trinajstić information content (AvgIpc) is 3.21. The molecule has 0 spiro atoms. The normalized spacial score (nSPS) is 12.1. The van der Waals surface area contributed by atoms with Crippen molar-refractivity contribution in [3.63, 3.8) is 0 Å². The number of hydrogen-bond acceptors (Lipinski definition) is 6. The van der Waals surface area contributed by atoms with Crippen molar-refractivity contribution in [3.8, 4) is 21.8 Å². The van der Waals surface area contributed by atoms with Crippen molar-refractivity contribution in [2.75, 3.05) is 4.72 Å². The van der Waals surface area contributed by atoms with Gasteiger partial charge in [0.25, 0.3) is 10.0 Å². The molecule has 4 rings (SSSR count). The Kier molecular flexibility index (Phi) is 6.70. The molecule has 0 aliphatic heterocycles. The molecule has 0 fully saturated rings. The van der Waals surface area contributed by atoms with E-state index in [-0.39, 0.29) is 26.8 Å². The number of halogens is 2. The van der Waals surface area contributed by atoms with E-state index >= 15 is 4.39 Å². The average molecular weight is 531 g/mol. The molecule has 4 aromatic rings. The van der Waals surface area contributed by atoms with Gasteiger partial charge in [0.1, 0.15) is 0 Å². The first kappa shape index (κ1) is 25.2. The fourth-order valence-corrected chi connectivity index (χ4v) is 6.46. The van der Waals surface area contributed by atoms with Crippen LogP contribution in [0.15, 0.2) is 53.6 Å². The SMILES string of the molecule is Cc1cccc(C)c1S(=O)(=O)Nc1cccc(-c2nc(C(C)(C)C)sc2-c2ccnc(Cl)n2)c1F. The van der Waals surface area contributed by atoms with E-state index in [1.54, 1.807) is 50.2 Å². The number of hydrogen-bond donors (Lipinski definition) is 1. The van der Waals surface area contributed by atoms with Gasteiger partial charge in [0.05, 0.1) is 31.9 Å². The summed E-state index contributed by atoms with van der Waals surface area (Å²) in [4.78, 5) is 13.7. The van der Waals surface area contributed by atoms with E-state index in [9.17, 15) is 8.42 Å². The summed E-state index contributed by atoms with van der Waals surface area (Å²) < 4.78 is 44.7. The van der Waals surface area contributed by atoms with Crippen molar-refractivity contribution in [2.24, 2.45) is 0 Å². The van der Waals surface area contributed by atoms with Crippen LogP contribution in [0.5, 0.6) is 0 Å². The van der Waals surface area contributed by atoms with Crippen LogP contribution in [-0.4, -0.2) is 23.4 Å². The third-order valence-electron chi connectivity index (χ3n) is 5.30. The highest BCUT2D eigenvalue weighted by molar-refractivity contribution is 7.92. The van der Waals surface area contributed by atoms with Crippen molar-refractivity contribution >= 4 is 38.6 Å². The summed E-state index contributed by atoms with van der Waals surface area (Å²) in [7, 11) is -4.03. The van der Waals surface area contributed by atoms with Crippen LogP contribution >= 0.6 is 22.9 Å². The number of nitrogens with one attached hydrogen (secondary N) is 1. The van der Waals surface area contributed by atoms with Gasteiger partial charge in [-0.15, -0.1) is 11.3 Å². The number of rotatable bonds is 5. The van der Waals surface area contributed by atoms with E-state index in [0.29, 0.717) is 27.4 Å². The summed E-state index contributed by atoms with van der Waals surface area (Å²) in [5, 5.41) is 0.841. The standard InChI is InChI=1S/C25H24ClFN4O2S2/c1-14-8-6-9-15(2)22(14)35(32,33)31-17-11-7-10-16(19(17)27)20-21(18-12-13-28-24(26)29-18)34-23(30-20)25(3,4)5/h6-13,31H,1-5H3. The van der Waals surface area contributed by atoms with Gasteiger partial charge in [0.2, 0.25) is 5.28 Å². The number of nitrogens with zero attached hydrogens (tertiary/aromatic N) is 3. The maximum atomic E-state index is 15.9. The smallest absolute Gasteiger partial charge is 0.262 e. The molecule has 0 aliphatic carbocycles. The number of thiazole rings is 1. The summed E-state index contributed by atoms with van der Waals surface area (Å²) in [6.07, 6.45) is 1.52. The van der Waals surface area contributed by atoms with Crippen molar-refractivity contribution in [1.29, 1.82) is 0 Å². The van der Waals surface area contributed by atoms with Crippen LogP contribution in [0, 0.1) is 19.7 Å². The Morgan fingerprint density at radius 3 is 2.29 bits per heavy atom. The molecule has 2 heterocycles. The van der Waals surface area contributed by atoms with Gasteiger partial charge in [0.15, 0.2) is 5.82 Å². The molecule has 10 heteroatoms. The van der Waals surface area contributed by atoms with E-state index in [1.165, 1.54) is 23.6 Å². The topological polar surface area (TPSA) is 84.8 Å². The van der Waals surface area contributed by atoms with Gasteiger partial charge in [-0.05, 0) is 54.8 Å². The van der Waals surface area contributed by atoms with Crippen LogP contribution < -0.4 is 4.72 Å². The van der Waals surface area contributed by atoms with Crippen LogP contribution in [-0.2, 0) is 15.4 Å². The molecule has 0 atom stereocenters. The summed E-state index contributed by atoms with van der Waals surface area (Å²) in [6, 6.07) is 11.4. The lowest BCUT2D eigenvalue weighted by Gasteiger charge is -2.15. The predicted octanol–water partition coefficient (Wildman–Crippen LogP) is 6.77. The lowest BCUT2D eigenvalue weighted by atomic mass is 9.98. The molecule has 1 N–H and O–H groups in total. The summed E-state index contributed by atoms with van der Waals surface area (Å²) in [6.45, 7) is 9.45. The third kappa shape index (κ3) is 5.07. The minimum atomic E-state index is -4.03. The molecule has 0 saturated carbocycles. The Hall–Kier alpha value is -2.88. The molecule has 0 radical (unpaired) electrons. The van der Waals surface area contributed by atoms with Crippen LogP contribution in [0.1, 0.15) is 36.9 Å². The largest absolute Gasteiger partial charge is 0.277 e. The second-order valence-corrected chi connectivity index (χ2v) is 12.1. The molecular formula is C25H24ClFN4O2S2. The van der Waals surface area contributed by atoms with Gasteiger partial charge in [0, 0.05) is 17.2 Å². The molecule has 182 valence electrons. The van der Waals surface area contributed by atoms with Crippen LogP contribution in [0.25, 0.3) is 21.8 Å². The zero-order chi connectivity index (χ0) is 25.5. The monoisotopic (exact) mass is 530 g/mol. The van der Waals surface area contributed by atoms with Crippen LogP contribution in [0.3, 0.4) is 0 Å². The first-order valence-electron chi connectivity index (χ1n) is 10.8. The number of benzene rings is 2. The van der Waals surface area contributed by atoms with Crippen molar-refractivity contribution in [2.45, 2.75) is 44.9 Å². The lowest BCUT2D eigenvalue weighted by molar-refractivity contribution is 0.585. The molecule has 2 aromatic heterocycles. The molecule has 2 aromatic carbocycles. The number of sulfonamides is 1.